The third-order valence-electron chi connectivity index (χ3n) is 2.81. The van der Waals surface area contributed by atoms with Gasteiger partial charge in [-0.1, -0.05) is 24.3 Å². The maximum atomic E-state index is 14.0. The van der Waals surface area contributed by atoms with Crippen LogP contribution in [0.3, 0.4) is 0 Å². The van der Waals surface area contributed by atoms with Crippen LogP contribution >= 0.6 is 0 Å². The number of rotatable bonds is 4. The fourth-order valence-corrected chi connectivity index (χ4v) is 1.87. The molecule has 3 nitrogen and oxygen atoms in total. The van der Waals surface area contributed by atoms with Gasteiger partial charge in [0, 0.05) is 11.6 Å². The van der Waals surface area contributed by atoms with Crippen molar-refractivity contribution in [1.29, 1.82) is 0 Å². The molecule has 0 amide bonds. The molecule has 0 aliphatic carbocycles. The van der Waals surface area contributed by atoms with Crippen molar-refractivity contribution < 1.29 is 32.2 Å². The molecule has 0 bridgehead atoms. The molecule has 0 spiro atoms. The van der Waals surface area contributed by atoms with Gasteiger partial charge >= 0.3 is 12.3 Å². The largest absolute Gasteiger partial charge is 0.573 e. The van der Waals surface area contributed by atoms with E-state index in [-0.39, 0.29) is 5.56 Å². The van der Waals surface area contributed by atoms with Gasteiger partial charge in [-0.05, 0) is 35.4 Å². The van der Waals surface area contributed by atoms with Crippen LogP contribution in [0.15, 0.2) is 48.5 Å². The lowest BCUT2D eigenvalue weighted by Crippen LogP contribution is -2.16. The third-order valence-corrected chi connectivity index (χ3v) is 2.81. The summed E-state index contributed by atoms with van der Waals surface area (Å²) < 4.78 is 54.0. The maximum Gasteiger partial charge on any atom is 0.573 e. The minimum Gasteiger partial charge on any atom is -0.478 e. The van der Waals surface area contributed by atoms with Crippen LogP contribution in [0.1, 0.15) is 5.56 Å². The highest BCUT2D eigenvalue weighted by molar-refractivity contribution is 5.85. The van der Waals surface area contributed by atoms with E-state index >= 15 is 0 Å². The number of alkyl halides is 3. The van der Waals surface area contributed by atoms with E-state index in [2.05, 4.69) is 4.74 Å². The Labute approximate surface area is 128 Å². The Balaban J connectivity index is 2.23. The molecule has 120 valence electrons. The van der Waals surface area contributed by atoms with Crippen molar-refractivity contribution in [3.63, 3.8) is 0 Å². The molecule has 0 atom stereocenters. The summed E-state index contributed by atoms with van der Waals surface area (Å²) >= 11 is 0. The zero-order chi connectivity index (χ0) is 17.0. The summed E-state index contributed by atoms with van der Waals surface area (Å²) in [5.41, 5.74) is 0.896. The van der Waals surface area contributed by atoms with Crippen LogP contribution in [-0.2, 0) is 4.79 Å². The molecule has 2 aromatic carbocycles. The van der Waals surface area contributed by atoms with Gasteiger partial charge < -0.3 is 9.84 Å². The first kappa shape index (κ1) is 16.5. The molecular weight excluding hydrogens is 316 g/mol. The molecule has 0 fully saturated rings. The van der Waals surface area contributed by atoms with Gasteiger partial charge in [0.2, 0.25) is 0 Å². The van der Waals surface area contributed by atoms with E-state index in [0.717, 1.165) is 24.3 Å². The quantitative estimate of drug-likeness (QED) is 0.665. The summed E-state index contributed by atoms with van der Waals surface area (Å²) in [6.45, 7) is 0. The van der Waals surface area contributed by atoms with Crippen molar-refractivity contribution in [3.05, 3.63) is 59.9 Å². The average molecular weight is 326 g/mol. The van der Waals surface area contributed by atoms with E-state index < -0.39 is 23.9 Å². The molecule has 0 radical (unpaired) electrons. The van der Waals surface area contributed by atoms with E-state index in [9.17, 15) is 22.4 Å². The van der Waals surface area contributed by atoms with Crippen LogP contribution in [0, 0.1) is 5.82 Å². The molecule has 2 rings (SSSR count). The molecule has 0 aliphatic rings. The summed E-state index contributed by atoms with van der Waals surface area (Å²) in [6.07, 6.45) is -2.68. The Hall–Kier alpha value is -2.83. The van der Waals surface area contributed by atoms with E-state index in [0.29, 0.717) is 11.1 Å². The zero-order valence-corrected chi connectivity index (χ0v) is 11.5. The highest BCUT2D eigenvalue weighted by Gasteiger charge is 2.30. The van der Waals surface area contributed by atoms with E-state index in [1.54, 1.807) is 0 Å². The Morgan fingerprint density at radius 1 is 1.09 bits per heavy atom. The first-order valence-electron chi connectivity index (χ1n) is 6.31. The maximum absolute atomic E-state index is 14.0. The lowest BCUT2D eigenvalue weighted by Gasteiger charge is -2.10. The van der Waals surface area contributed by atoms with Crippen LogP contribution < -0.4 is 4.74 Å². The number of hydrogen-bond donors (Lipinski definition) is 1. The molecule has 0 aliphatic heterocycles. The summed E-state index contributed by atoms with van der Waals surface area (Å²) in [5.74, 6) is -2.18. The number of aliphatic carboxylic acids is 1. The Bertz CT molecular complexity index is 734. The smallest absolute Gasteiger partial charge is 0.478 e. The number of hydrogen-bond acceptors (Lipinski definition) is 2. The molecule has 2 aromatic rings. The van der Waals surface area contributed by atoms with Crippen molar-refractivity contribution in [2.45, 2.75) is 6.36 Å². The van der Waals surface area contributed by atoms with Crippen molar-refractivity contribution in [2.75, 3.05) is 0 Å². The highest BCUT2D eigenvalue weighted by Crippen LogP contribution is 2.28. The number of halogens is 4. The second-order valence-electron chi connectivity index (χ2n) is 4.48. The topological polar surface area (TPSA) is 46.5 Å². The molecule has 0 saturated carbocycles. The van der Waals surface area contributed by atoms with Gasteiger partial charge in [-0.15, -0.1) is 13.2 Å². The summed E-state index contributed by atoms with van der Waals surface area (Å²) in [4.78, 5) is 10.4. The molecule has 0 heterocycles. The molecular formula is C16H10F4O3. The molecule has 1 N–H and O–H groups in total. The van der Waals surface area contributed by atoms with Crippen LogP contribution in [-0.4, -0.2) is 17.4 Å². The second kappa shape index (κ2) is 6.51. The second-order valence-corrected chi connectivity index (χ2v) is 4.48. The van der Waals surface area contributed by atoms with E-state index in [1.807, 2.05) is 0 Å². The van der Waals surface area contributed by atoms with E-state index in [1.165, 1.54) is 30.3 Å². The average Bonchev–Trinajstić information content (AvgIpc) is 2.45. The lowest BCUT2D eigenvalue weighted by atomic mass is 10.0. The number of ether oxygens (including phenoxy) is 1. The number of carboxylic acid groups (broad SMARTS) is 1. The molecule has 0 saturated heterocycles. The van der Waals surface area contributed by atoms with Gasteiger partial charge in [0.25, 0.3) is 0 Å². The van der Waals surface area contributed by atoms with Crippen molar-refractivity contribution in [3.8, 4) is 16.9 Å². The predicted molar refractivity (Wildman–Crippen MR) is 75.2 cm³/mol. The third kappa shape index (κ3) is 4.84. The van der Waals surface area contributed by atoms with Crippen LogP contribution in [0.2, 0.25) is 0 Å². The van der Waals surface area contributed by atoms with Gasteiger partial charge in [0.05, 0.1) is 0 Å². The van der Waals surface area contributed by atoms with Crippen molar-refractivity contribution in [2.24, 2.45) is 0 Å². The molecule has 0 unspecified atom stereocenters. The van der Waals surface area contributed by atoms with Gasteiger partial charge in [-0.25, -0.2) is 9.18 Å². The van der Waals surface area contributed by atoms with Crippen molar-refractivity contribution >= 4 is 12.0 Å². The Kier molecular flexibility index (Phi) is 4.68. The van der Waals surface area contributed by atoms with Gasteiger partial charge in [-0.2, -0.15) is 0 Å². The fourth-order valence-electron chi connectivity index (χ4n) is 1.87. The minimum absolute atomic E-state index is 0.177. The van der Waals surface area contributed by atoms with Crippen molar-refractivity contribution in [1.82, 2.24) is 0 Å². The molecule has 0 aromatic heterocycles. The SMILES string of the molecule is O=C(O)/C=C/c1ccc(-c2ccc(OC(F)(F)F)cc2)c(F)c1. The summed E-state index contributed by atoms with van der Waals surface area (Å²) in [5, 5.41) is 8.51. The highest BCUT2D eigenvalue weighted by atomic mass is 19.4. The van der Waals surface area contributed by atoms with Gasteiger partial charge in [0.15, 0.2) is 0 Å². The number of carboxylic acids is 1. The van der Waals surface area contributed by atoms with Gasteiger partial charge in [0.1, 0.15) is 11.6 Å². The van der Waals surface area contributed by atoms with E-state index in [4.69, 9.17) is 5.11 Å². The summed E-state index contributed by atoms with van der Waals surface area (Å²) in [6, 6.07) is 8.81. The van der Waals surface area contributed by atoms with Crippen LogP contribution in [0.4, 0.5) is 17.6 Å². The fraction of sp³-hybridized carbons (Fsp3) is 0.0625. The number of carbonyl (C=O) groups is 1. The first-order chi connectivity index (χ1) is 10.7. The number of benzene rings is 2. The first-order valence-corrected chi connectivity index (χ1v) is 6.31. The monoisotopic (exact) mass is 326 g/mol. The normalized spacial score (nSPS) is 11.7. The van der Waals surface area contributed by atoms with Gasteiger partial charge in [-0.3, -0.25) is 0 Å². The predicted octanol–water partition coefficient (Wildman–Crippen LogP) is 4.49. The summed E-state index contributed by atoms with van der Waals surface area (Å²) in [7, 11) is 0. The van der Waals surface area contributed by atoms with Crippen LogP contribution in [0.5, 0.6) is 5.75 Å². The van der Waals surface area contributed by atoms with Crippen LogP contribution in [0.25, 0.3) is 17.2 Å². The zero-order valence-electron chi connectivity index (χ0n) is 11.5. The Morgan fingerprint density at radius 2 is 1.74 bits per heavy atom. The lowest BCUT2D eigenvalue weighted by molar-refractivity contribution is -0.274. The Morgan fingerprint density at radius 3 is 2.26 bits per heavy atom. The standard InChI is InChI=1S/C16H10F4O3/c17-14-9-10(2-8-15(21)22)1-7-13(14)11-3-5-12(6-4-11)23-16(18,19)20/h1-9H,(H,21,22)/b8-2+. The molecule has 23 heavy (non-hydrogen) atoms. The minimum atomic E-state index is -4.79. The molecule has 7 heteroatoms.